The minimum atomic E-state index is -0.390. The van der Waals surface area contributed by atoms with Crippen molar-refractivity contribution in [1.82, 2.24) is 5.32 Å². The standard InChI is InChI=1S/C10H8BrNO4/c11-6-1-5(7-3-14-10(13)12-7)2-8-9(6)16-4-15-8/h1-2,7H,3-4H2,(H,12,13). The number of nitrogens with one attached hydrogen (secondary N) is 1. The Morgan fingerprint density at radius 1 is 1.31 bits per heavy atom. The molecule has 6 heteroatoms. The highest BCUT2D eigenvalue weighted by Crippen LogP contribution is 2.41. The Morgan fingerprint density at radius 2 is 2.19 bits per heavy atom. The monoisotopic (exact) mass is 285 g/mol. The first-order valence-electron chi connectivity index (χ1n) is 4.76. The van der Waals surface area contributed by atoms with Crippen LogP contribution in [0.2, 0.25) is 0 Å². The Bertz CT molecular complexity index is 462. The largest absolute Gasteiger partial charge is 0.454 e. The maximum absolute atomic E-state index is 10.9. The van der Waals surface area contributed by atoms with Crippen LogP contribution < -0.4 is 14.8 Å². The van der Waals surface area contributed by atoms with Crippen LogP contribution in [0.4, 0.5) is 4.79 Å². The smallest absolute Gasteiger partial charge is 0.407 e. The summed E-state index contributed by atoms with van der Waals surface area (Å²) in [5, 5.41) is 2.71. The van der Waals surface area contributed by atoms with Gasteiger partial charge in [0.1, 0.15) is 6.61 Å². The Morgan fingerprint density at radius 3 is 2.94 bits per heavy atom. The summed E-state index contributed by atoms with van der Waals surface area (Å²) in [5.41, 5.74) is 0.932. The number of benzene rings is 1. The molecular weight excluding hydrogens is 278 g/mol. The van der Waals surface area contributed by atoms with E-state index in [9.17, 15) is 4.79 Å². The molecule has 1 aromatic rings. The van der Waals surface area contributed by atoms with Crippen molar-refractivity contribution < 1.29 is 19.0 Å². The normalized spacial score (nSPS) is 21.8. The predicted molar refractivity (Wildman–Crippen MR) is 57.5 cm³/mol. The first-order chi connectivity index (χ1) is 7.74. The van der Waals surface area contributed by atoms with Crippen molar-refractivity contribution in [2.75, 3.05) is 13.4 Å². The van der Waals surface area contributed by atoms with Gasteiger partial charge in [-0.1, -0.05) is 0 Å². The first-order valence-corrected chi connectivity index (χ1v) is 5.55. The second-order valence-electron chi connectivity index (χ2n) is 3.53. The average molecular weight is 286 g/mol. The molecule has 1 unspecified atom stereocenters. The summed E-state index contributed by atoms with van der Waals surface area (Å²) in [6.07, 6.45) is -0.390. The molecule has 0 bridgehead atoms. The molecule has 1 amide bonds. The molecule has 2 heterocycles. The third-order valence-corrected chi connectivity index (χ3v) is 3.11. The third-order valence-electron chi connectivity index (χ3n) is 2.53. The number of carbonyl (C=O) groups is 1. The molecule has 2 aliphatic heterocycles. The van der Waals surface area contributed by atoms with Gasteiger partial charge in [-0.3, -0.25) is 0 Å². The van der Waals surface area contributed by atoms with Gasteiger partial charge < -0.3 is 19.5 Å². The van der Waals surface area contributed by atoms with Crippen molar-refractivity contribution in [3.63, 3.8) is 0 Å². The van der Waals surface area contributed by atoms with Gasteiger partial charge in [-0.25, -0.2) is 4.79 Å². The summed E-state index contributed by atoms with van der Waals surface area (Å²) >= 11 is 3.40. The predicted octanol–water partition coefficient (Wildman–Crippen LogP) is 1.96. The molecule has 84 valence electrons. The fourth-order valence-electron chi connectivity index (χ4n) is 1.75. The summed E-state index contributed by atoms with van der Waals surface area (Å²) in [7, 11) is 0. The van der Waals surface area contributed by atoms with Crippen LogP contribution in [0.5, 0.6) is 11.5 Å². The zero-order valence-corrected chi connectivity index (χ0v) is 9.74. The van der Waals surface area contributed by atoms with Gasteiger partial charge in [-0.05, 0) is 33.6 Å². The average Bonchev–Trinajstić information content (AvgIpc) is 2.85. The van der Waals surface area contributed by atoms with E-state index in [2.05, 4.69) is 21.2 Å². The Kier molecular flexibility index (Phi) is 2.17. The van der Waals surface area contributed by atoms with Crippen molar-refractivity contribution in [3.05, 3.63) is 22.2 Å². The highest BCUT2D eigenvalue weighted by molar-refractivity contribution is 9.10. The van der Waals surface area contributed by atoms with E-state index in [0.29, 0.717) is 18.1 Å². The molecule has 3 rings (SSSR count). The van der Waals surface area contributed by atoms with E-state index < -0.39 is 6.09 Å². The molecule has 1 aromatic carbocycles. The van der Waals surface area contributed by atoms with Crippen LogP contribution in [0, 0.1) is 0 Å². The number of carbonyl (C=O) groups excluding carboxylic acids is 1. The third kappa shape index (κ3) is 1.49. The van der Waals surface area contributed by atoms with Crippen LogP contribution in [0.3, 0.4) is 0 Å². The maximum atomic E-state index is 10.9. The number of hydrogen-bond acceptors (Lipinski definition) is 4. The van der Waals surface area contributed by atoms with E-state index in [1.165, 1.54) is 0 Å². The van der Waals surface area contributed by atoms with Gasteiger partial charge in [-0.15, -0.1) is 0 Å². The van der Waals surface area contributed by atoms with E-state index in [-0.39, 0.29) is 12.8 Å². The summed E-state index contributed by atoms with van der Waals surface area (Å²) in [5.74, 6) is 1.39. The molecule has 0 saturated carbocycles. The van der Waals surface area contributed by atoms with Crippen molar-refractivity contribution in [1.29, 1.82) is 0 Å². The molecular formula is C10H8BrNO4. The van der Waals surface area contributed by atoms with E-state index >= 15 is 0 Å². The van der Waals surface area contributed by atoms with Crippen LogP contribution >= 0.6 is 15.9 Å². The lowest BCUT2D eigenvalue weighted by Gasteiger charge is -2.09. The minimum Gasteiger partial charge on any atom is -0.454 e. The van der Waals surface area contributed by atoms with Crippen molar-refractivity contribution >= 4 is 22.0 Å². The summed E-state index contributed by atoms with van der Waals surface area (Å²) < 4.78 is 16.2. The fourth-order valence-corrected chi connectivity index (χ4v) is 2.33. The van der Waals surface area contributed by atoms with E-state index in [1.807, 2.05) is 12.1 Å². The van der Waals surface area contributed by atoms with Crippen molar-refractivity contribution in [3.8, 4) is 11.5 Å². The van der Waals surface area contributed by atoms with Gasteiger partial charge in [0.2, 0.25) is 6.79 Å². The molecule has 1 fully saturated rings. The molecule has 1 atom stereocenters. The lowest BCUT2D eigenvalue weighted by atomic mass is 10.1. The van der Waals surface area contributed by atoms with E-state index in [0.717, 1.165) is 10.0 Å². The molecule has 0 spiro atoms. The zero-order chi connectivity index (χ0) is 11.1. The molecule has 0 aromatic heterocycles. The minimum absolute atomic E-state index is 0.127. The molecule has 5 nitrogen and oxygen atoms in total. The number of amides is 1. The highest BCUT2D eigenvalue weighted by Gasteiger charge is 2.27. The number of cyclic esters (lactones) is 1. The number of alkyl carbamates (subject to hydrolysis) is 1. The van der Waals surface area contributed by atoms with E-state index in [4.69, 9.17) is 14.2 Å². The lowest BCUT2D eigenvalue weighted by Crippen LogP contribution is -2.18. The van der Waals surface area contributed by atoms with Crippen molar-refractivity contribution in [2.24, 2.45) is 0 Å². The molecule has 0 radical (unpaired) electrons. The highest BCUT2D eigenvalue weighted by atomic mass is 79.9. The fraction of sp³-hybridized carbons (Fsp3) is 0.300. The Labute approximate surface area is 99.8 Å². The SMILES string of the molecule is O=C1NC(c2cc(Br)c3c(c2)OCO3)CO1. The van der Waals surface area contributed by atoms with Crippen molar-refractivity contribution in [2.45, 2.75) is 6.04 Å². The second kappa shape index (κ2) is 3.55. The van der Waals surface area contributed by atoms with Gasteiger partial charge in [0.25, 0.3) is 0 Å². The molecule has 16 heavy (non-hydrogen) atoms. The van der Waals surface area contributed by atoms with Gasteiger partial charge in [0.15, 0.2) is 11.5 Å². The van der Waals surface area contributed by atoms with Gasteiger partial charge in [-0.2, -0.15) is 0 Å². The number of halogens is 1. The van der Waals surface area contributed by atoms with Crippen LogP contribution in [0.15, 0.2) is 16.6 Å². The molecule has 1 saturated heterocycles. The number of ether oxygens (including phenoxy) is 3. The first kappa shape index (κ1) is 9.77. The van der Waals surface area contributed by atoms with Crippen LogP contribution in [-0.2, 0) is 4.74 Å². The number of hydrogen-bond donors (Lipinski definition) is 1. The lowest BCUT2D eigenvalue weighted by molar-refractivity contribution is 0.173. The quantitative estimate of drug-likeness (QED) is 0.857. The maximum Gasteiger partial charge on any atom is 0.407 e. The summed E-state index contributed by atoms with van der Waals surface area (Å²) in [6, 6.07) is 3.62. The number of rotatable bonds is 1. The summed E-state index contributed by atoms with van der Waals surface area (Å²) in [6.45, 7) is 0.565. The van der Waals surface area contributed by atoms with Crippen LogP contribution in [-0.4, -0.2) is 19.5 Å². The number of fused-ring (bicyclic) bond motifs is 1. The zero-order valence-electron chi connectivity index (χ0n) is 8.16. The van der Waals surface area contributed by atoms with Gasteiger partial charge in [0.05, 0.1) is 10.5 Å². The molecule has 0 aliphatic carbocycles. The Balaban J connectivity index is 1.97. The van der Waals surface area contributed by atoms with E-state index in [1.54, 1.807) is 0 Å². The van der Waals surface area contributed by atoms with Crippen LogP contribution in [0.25, 0.3) is 0 Å². The van der Waals surface area contributed by atoms with Gasteiger partial charge >= 0.3 is 6.09 Å². The molecule has 2 aliphatic rings. The van der Waals surface area contributed by atoms with Gasteiger partial charge in [0, 0.05) is 0 Å². The summed E-state index contributed by atoms with van der Waals surface area (Å²) in [4.78, 5) is 10.9. The Hall–Kier alpha value is -1.43. The topological polar surface area (TPSA) is 56.8 Å². The second-order valence-corrected chi connectivity index (χ2v) is 4.39. The molecule has 1 N–H and O–H groups in total. The van der Waals surface area contributed by atoms with Crippen LogP contribution in [0.1, 0.15) is 11.6 Å².